The number of rotatable bonds is 6. The SMILES string of the molecule is Nc1c(OCCCc2ccncc2)cccc1C(=O)O. The van der Waals surface area contributed by atoms with E-state index in [9.17, 15) is 4.79 Å². The van der Waals surface area contributed by atoms with Crippen LogP contribution in [-0.4, -0.2) is 22.7 Å². The van der Waals surface area contributed by atoms with Gasteiger partial charge in [-0.15, -0.1) is 0 Å². The van der Waals surface area contributed by atoms with Crippen molar-refractivity contribution in [2.24, 2.45) is 0 Å². The Morgan fingerprint density at radius 2 is 2.00 bits per heavy atom. The van der Waals surface area contributed by atoms with Gasteiger partial charge in [0.15, 0.2) is 0 Å². The molecule has 0 unspecified atom stereocenters. The molecule has 0 aliphatic heterocycles. The number of carbonyl (C=O) groups is 1. The van der Waals surface area contributed by atoms with Crippen LogP contribution < -0.4 is 10.5 Å². The van der Waals surface area contributed by atoms with Crippen molar-refractivity contribution in [3.8, 4) is 5.75 Å². The van der Waals surface area contributed by atoms with E-state index in [4.69, 9.17) is 15.6 Å². The highest BCUT2D eigenvalue weighted by atomic mass is 16.5. The third-order valence-electron chi connectivity index (χ3n) is 2.91. The number of carboxylic acid groups (broad SMARTS) is 1. The minimum absolute atomic E-state index is 0.0663. The molecule has 2 aromatic rings. The molecule has 3 N–H and O–H groups in total. The molecule has 0 aliphatic rings. The third kappa shape index (κ3) is 3.47. The van der Waals surface area contributed by atoms with Crippen LogP contribution in [0.1, 0.15) is 22.3 Å². The first-order chi connectivity index (χ1) is 9.68. The fraction of sp³-hybridized carbons (Fsp3) is 0.200. The van der Waals surface area contributed by atoms with Crippen LogP contribution >= 0.6 is 0 Å². The molecule has 0 radical (unpaired) electrons. The van der Waals surface area contributed by atoms with E-state index < -0.39 is 5.97 Å². The van der Waals surface area contributed by atoms with E-state index in [1.807, 2.05) is 12.1 Å². The molecular weight excluding hydrogens is 256 g/mol. The molecule has 5 heteroatoms. The predicted octanol–water partition coefficient (Wildman–Crippen LogP) is 2.37. The highest BCUT2D eigenvalue weighted by Gasteiger charge is 2.11. The van der Waals surface area contributed by atoms with Gasteiger partial charge >= 0.3 is 5.97 Å². The Bertz CT molecular complexity index is 585. The van der Waals surface area contributed by atoms with Crippen molar-refractivity contribution in [3.63, 3.8) is 0 Å². The Morgan fingerprint density at radius 3 is 2.70 bits per heavy atom. The third-order valence-corrected chi connectivity index (χ3v) is 2.91. The molecule has 104 valence electrons. The average molecular weight is 272 g/mol. The molecule has 1 heterocycles. The Morgan fingerprint density at radius 1 is 1.25 bits per heavy atom. The second kappa shape index (κ2) is 6.56. The van der Waals surface area contributed by atoms with Crippen LogP contribution in [0.25, 0.3) is 0 Å². The number of nitrogens with zero attached hydrogens (tertiary/aromatic N) is 1. The van der Waals surface area contributed by atoms with Crippen molar-refractivity contribution < 1.29 is 14.6 Å². The molecule has 20 heavy (non-hydrogen) atoms. The van der Waals surface area contributed by atoms with E-state index in [1.165, 1.54) is 11.6 Å². The van der Waals surface area contributed by atoms with Crippen LogP contribution in [0.5, 0.6) is 5.75 Å². The maximum atomic E-state index is 10.9. The summed E-state index contributed by atoms with van der Waals surface area (Å²) >= 11 is 0. The van der Waals surface area contributed by atoms with Gasteiger partial charge in [0.05, 0.1) is 17.9 Å². The number of aryl methyl sites for hydroxylation is 1. The van der Waals surface area contributed by atoms with Crippen molar-refractivity contribution >= 4 is 11.7 Å². The topological polar surface area (TPSA) is 85.4 Å². The van der Waals surface area contributed by atoms with Gasteiger partial charge in [-0.3, -0.25) is 4.98 Å². The number of nitrogens with two attached hydrogens (primary N) is 1. The van der Waals surface area contributed by atoms with Crippen LogP contribution in [0.2, 0.25) is 0 Å². The molecule has 1 aromatic carbocycles. The fourth-order valence-electron chi connectivity index (χ4n) is 1.86. The summed E-state index contributed by atoms with van der Waals surface area (Å²) in [5.74, 6) is -0.635. The zero-order valence-electron chi connectivity index (χ0n) is 11.0. The van der Waals surface area contributed by atoms with Gasteiger partial charge in [-0.1, -0.05) is 6.07 Å². The van der Waals surface area contributed by atoms with Gasteiger partial charge in [-0.2, -0.15) is 0 Å². The zero-order valence-corrected chi connectivity index (χ0v) is 11.0. The van der Waals surface area contributed by atoms with Crippen molar-refractivity contribution in [1.82, 2.24) is 4.98 Å². The van der Waals surface area contributed by atoms with Crippen molar-refractivity contribution in [2.45, 2.75) is 12.8 Å². The van der Waals surface area contributed by atoms with Crippen LogP contribution in [0.15, 0.2) is 42.7 Å². The van der Waals surface area contributed by atoms with E-state index in [2.05, 4.69) is 4.98 Å². The lowest BCUT2D eigenvalue weighted by Crippen LogP contribution is -2.06. The summed E-state index contributed by atoms with van der Waals surface area (Å²) in [7, 11) is 0. The summed E-state index contributed by atoms with van der Waals surface area (Å²) in [6.45, 7) is 0.482. The van der Waals surface area contributed by atoms with E-state index in [1.54, 1.807) is 24.5 Å². The number of benzene rings is 1. The fourth-order valence-corrected chi connectivity index (χ4v) is 1.86. The molecular formula is C15H16N2O3. The quantitative estimate of drug-likeness (QED) is 0.623. The number of anilines is 1. The number of aromatic nitrogens is 1. The van der Waals surface area contributed by atoms with E-state index in [-0.39, 0.29) is 11.3 Å². The molecule has 2 rings (SSSR count). The number of carboxylic acids is 1. The monoisotopic (exact) mass is 272 g/mol. The Balaban J connectivity index is 1.88. The first kappa shape index (κ1) is 13.9. The number of hydrogen-bond acceptors (Lipinski definition) is 4. The Hall–Kier alpha value is -2.56. The van der Waals surface area contributed by atoms with Crippen LogP contribution in [0, 0.1) is 0 Å². The molecule has 0 spiro atoms. The number of hydrogen-bond donors (Lipinski definition) is 2. The summed E-state index contributed by atoms with van der Waals surface area (Å²) in [6.07, 6.45) is 5.21. The maximum Gasteiger partial charge on any atom is 0.337 e. The molecule has 0 amide bonds. The maximum absolute atomic E-state index is 10.9. The van der Waals surface area contributed by atoms with Gasteiger partial charge in [0.25, 0.3) is 0 Å². The first-order valence-corrected chi connectivity index (χ1v) is 6.32. The number of nitrogen functional groups attached to an aromatic ring is 1. The average Bonchev–Trinajstić information content (AvgIpc) is 2.46. The lowest BCUT2D eigenvalue weighted by molar-refractivity contribution is 0.0697. The molecule has 0 bridgehead atoms. The van der Waals surface area contributed by atoms with Gasteiger partial charge in [-0.25, -0.2) is 4.79 Å². The van der Waals surface area contributed by atoms with E-state index in [0.717, 1.165) is 12.8 Å². The van der Waals surface area contributed by atoms with E-state index in [0.29, 0.717) is 12.4 Å². The summed E-state index contributed by atoms with van der Waals surface area (Å²) < 4.78 is 5.55. The Labute approximate surface area is 117 Å². The molecule has 0 atom stereocenters. The van der Waals surface area contributed by atoms with Crippen LogP contribution in [0.3, 0.4) is 0 Å². The van der Waals surface area contributed by atoms with Gasteiger partial charge in [0.2, 0.25) is 0 Å². The largest absolute Gasteiger partial charge is 0.491 e. The van der Waals surface area contributed by atoms with Gasteiger partial charge in [-0.05, 0) is 42.7 Å². The summed E-state index contributed by atoms with van der Waals surface area (Å²) in [4.78, 5) is 14.9. The van der Waals surface area contributed by atoms with Crippen molar-refractivity contribution in [2.75, 3.05) is 12.3 Å². The van der Waals surface area contributed by atoms with E-state index >= 15 is 0 Å². The lowest BCUT2D eigenvalue weighted by atomic mass is 10.1. The van der Waals surface area contributed by atoms with Gasteiger partial charge < -0.3 is 15.6 Å². The van der Waals surface area contributed by atoms with Gasteiger partial charge in [0, 0.05) is 12.4 Å². The minimum atomic E-state index is -1.05. The number of aromatic carboxylic acids is 1. The van der Waals surface area contributed by atoms with Gasteiger partial charge in [0.1, 0.15) is 5.75 Å². The van der Waals surface area contributed by atoms with Crippen LogP contribution in [0.4, 0.5) is 5.69 Å². The lowest BCUT2D eigenvalue weighted by Gasteiger charge is -2.10. The highest BCUT2D eigenvalue weighted by molar-refractivity contribution is 5.95. The normalized spacial score (nSPS) is 10.2. The highest BCUT2D eigenvalue weighted by Crippen LogP contribution is 2.25. The standard InChI is InChI=1S/C15H16N2O3/c16-14-12(15(18)19)4-1-5-13(14)20-10-2-3-11-6-8-17-9-7-11/h1,4-9H,2-3,10,16H2,(H,18,19). The number of pyridine rings is 1. The molecule has 5 nitrogen and oxygen atoms in total. The van der Waals surface area contributed by atoms with Crippen molar-refractivity contribution in [3.05, 3.63) is 53.9 Å². The predicted molar refractivity (Wildman–Crippen MR) is 75.9 cm³/mol. The second-order valence-electron chi connectivity index (χ2n) is 4.33. The molecule has 1 aromatic heterocycles. The van der Waals surface area contributed by atoms with Crippen LogP contribution in [-0.2, 0) is 6.42 Å². The molecule has 0 saturated heterocycles. The summed E-state index contributed by atoms with van der Waals surface area (Å²) in [6, 6.07) is 8.67. The summed E-state index contributed by atoms with van der Waals surface area (Å²) in [5, 5.41) is 8.97. The Kier molecular flexibility index (Phi) is 4.55. The first-order valence-electron chi connectivity index (χ1n) is 6.32. The zero-order chi connectivity index (χ0) is 14.4. The molecule has 0 saturated carbocycles. The smallest absolute Gasteiger partial charge is 0.337 e. The number of para-hydroxylation sites is 1. The van der Waals surface area contributed by atoms with Crippen molar-refractivity contribution in [1.29, 1.82) is 0 Å². The summed E-state index contributed by atoms with van der Waals surface area (Å²) in [5.41, 5.74) is 7.19. The molecule has 0 aliphatic carbocycles. The number of ether oxygens (including phenoxy) is 1. The minimum Gasteiger partial charge on any atom is -0.491 e. The molecule has 0 fully saturated rings. The second-order valence-corrected chi connectivity index (χ2v) is 4.33.